The summed E-state index contributed by atoms with van der Waals surface area (Å²) in [6.07, 6.45) is 2.12. The van der Waals surface area contributed by atoms with Crippen LogP contribution in [0.2, 0.25) is 0 Å². The van der Waals surface area contributed by atoms with Crippen molar-refractivity contribution in [2.45, 2.75) is 61.3 Å². The van der Waals surface area contributed by atoms with Crippen molar-refractivity contribution in [1.29, 1.82) is 0 Å². The first kappa shape index (κ1) is 29.3. The normalized spacial score (nSPS) is 5.08. The van der Waals surface area contributed by atoms with E-state index < -0.39 is 0 Å². The molecular formula is C10H30O3. The van der Waals surface area contributed by atoms with Gasteiger partial charge in [0.2, 0.25) is 0 Å². The van der Waals surface area contributed by atoms with Crippen molar-refractivity contribution in [3.8, 4) is 0 Å². The Bertz CT molecular complexity index is 17.6. The summed E-state index contributed by atoms with van der Waals surface area (Å²) in [6.45, 7) is 14.5. The van der Waals surface area contributed by atoms with Crippen molar-refractivity contribution in [3.05, 3.63) is 0 Å². The van der Waals surface area contributed by atoms with Crippen molar-refractivity contribution >= 4 is 0 Å². The van der Waals surface area contributed by atoms with Gasteiger partial charge in [0, 0.05) is 6.61 Å². The average molecular weight is 198 g/mol. The van der Waals surface area contributed by atoms with Crippen LogP contribution in [0.3, 0.4) is 0 Å². The molecule has 0 saturated carbocycles. The number of rotatable bonds is 1. The molecule has 3 heteroatoms. The lowest BCUT2D eigenvalue weighted by atomic mass is 10.5. The Labute approximate surface area is 84.4 Å². The van der Waals surface area contributed by atoms with E-state index in [0.29, 0.717) is 6.61 Å². The fourth-order valence-corrected chi connectivity index (χ4v) is 0. The third-order valence-corrected chi connectivity index (χ3v) is 0.224. The van der Waals surface area contributed by atoms with Gasteiger partial charge in [-0.1, -0.05) is 54.9 Å². The molecule has 0 radical (unpaired) electrons. The highest BCUT2D eigenvalue weighted by atomic mass is 17.0. The Morgan fingerprint density at radius 1 is 0.769 bits per heavy atom. The minimum absolute atomic E-state index is 0.319. The molecule has 0 fully saturated rings. The largest absolute Gasteiger partial charge is 0.396 e. The van der Waals surface area contributed by atoms with Gasteiger partial charge in [0.1, 0.15) is 0 Å². The van der Waals surface area contributed by atoms with Gasteiger partial charge in [-0.15, -0.1) is 0 Å². The SMILES string of the molecule is CC.CC.CCC.CCCO.OO. The van der Waals surface area contributed by atoms with Gasteiger partial charge < -0.3 is 5.11 Å². The van der Waals surface area contributed by atoms with Crippen LogP contribution >= 0.6 is 0 Å². The van der Waals surface area contributed by atoms with Crippen molar-refractivity contribution in [3.63, 3.8) is 0 Å². The summed E-state index contributed by atoms with van der Waals surface area (Å²) in [5.41, 5.74) is 0. The molecule has 0 atom stereocenters. The minimum Gasteiger partial charge on any atom is -0.396 e. The summed E-state index contributed by atoms with van der Waals surface area (Å²) >= 11 is 0. The van der Waals surface area contributed by atoms with E-state index in [2.05, 4.69) is 13.8 Å². The van der Waals surface area contributed by atoms with Crippen LogP contribution in [-0.4, -0.2) is 22.2 Å². The molecule has 0 rings (SSSR count). The van der Waals surface area contributed by atoms with Crippen LogP contribution in [0.1, 0.15) is 61.3 Å². The lowest BCUT2D eigenvalue weighted by Gasteiger charge is -1.69. The molecular weight excluding hydrogens is 168 g/mol. The lowest BCUT2D eigenvalue weighted by molar-refractivity contribution is -0.176. The smallest absolute Gasteiger partial charge is 0.0428 e. The van der Waals surface area contributed by atoms with E-state index in [1.54, 1.807) is 0 Å². The standard InChI is InChI=1S/C3H8O.C3H8.2C2H6.H2O2/c1-2-3-4;1-3-2;3*1-2/h4H,2-3H2,1H3;3H2,1-2H3;2*1-2H3;1-2H. The number of aliphatic hydroxyl groups is 1. The molecule has 0 spiro atoms. The molecule has 0 aromatic carbocycles. The number of hydrogen-bond donors (Lipinski definition) is 3. The van der Waals surface area contributed by atoms with Gasteiger partial charge >= 0.3 is 0 Å². The van der Waals surface area contributed by atoms with Crippen LogP contribution in [0.15, 0.2) is 0 Å². The van der Waals surface area contributed by atoms with Crippen molar-refractivity contribution in [2.24, 2.45) is 0 Å². The molecule has 0 aliphatic heterocycles. The molecule has 3 nitrogen and oxygen atoms in total. The maximum absolute atomic E-state index is 7.88. The molecule has 0 aliphatic carbocycles. The molecule has 0 aromatic heterocycles. The first-order valence-corrected chi connectivity index (χ1v) is 5.14. The van der Waals surface area contributed by atoms with Crippen LogP contribution < -0.4 is 0 Å². The van der Waals surface area contributed by atoms with Gasteiger partial charge in [-0.25, -0.2) is 0 Å². The zero-order valence-corrected chi connectivity index (χ0v) is 10.5. The monoisotopic (exact) mass is 198 g/mol. The fraction of sp³-hybridized carbons (Fsp3) is 1.00. The van der Waals surface area contributed by atoms with Crippen LogP contribution in [0.4, 0.5) is 0 Å². The average Bonchev–Trinajstić information content (AvgIpc) is 2.27. The number of hydrogen-bond acceptors (Lipinski definition) is 3. The molecule has 3 N–H and O–H groups in total. The highest BCUT2D eigenvalue weighted by Gasteiger charge is 1.57. The highest BCUT2D eigenvalue weighted by Crippen LogP contribution is 1.61. The summed E-state index contributed by atoms with van der Waals surface area (Å²) < 4.78 is 0. The van der Waals surface area contributed by atoms with E-state index in [9.17, 15) is 0 Å². The molecule has 0 aliphatic rings. The Morgan fingerprint density at radius 3 is 0.846 bits per heavy atom. The van der Waals surface area contributed by atoms with Crippen molar-refractivity contribution in [2.75, 3.05) is 6.61 Å². The zero-order chi connectivity index (χ0) is 12.1. The van der Waals surface area contributed by atoms with E-state index in [1.165, 1.54) is 6.42 Å². The summed E-state index contributed by atoms with van der Waals surface area (Å²) in [7, 11) is 0. The van der Waals surface area contributed by atoms with Gasteiger partial charge in [-0.2, -0.15) is 0 Å². The first-order valence-electron chi connectivity index (χ1n) is 5.14. The molecule has 0 amide bonds. The van der Waals surface area contributed by atoms with Crippen molar-refractivity contribution < 1.29 is 15.6 Å². The second-order valence-electron chi connectivity index (χ2n) is 1.43. The molecule has 88 valence electrons. The second-order valence-corrected chi connectivity index (χ2v) is 1.43. The van der Waals surface area contributed by atoms with Crippen LogP contribution in [0, 0.1) is 0 Å². The van der Waals surface area contributed by atoms with Gasteiger partial charge in [0.05, 0.1) is 0 Å². The van der Waals surface area contributed by atoms with E-state index in [4.69, 9.17) is 15.6 Å². The van der Waals surface area contributed by atoms with E-state index >= 15 is 0 Å². The fourth-order valence-electron chi connectivity index (χ4n) is 0. The predicted octanol–water partition coefficient (Wildman–Crippen LogP) is 3.87. The van der Waals surface area contributed by atoms with Gasteiger partial charge in [-0.05, 0) is 6.42 Å². The summed E-state index contributed by atoms with van der Waals surface area (Å²) in [4.78, 5) is 0. The van der Waals surface area contributed by atoms with E-state index in [-0.39, 0.29) is 0 Å². The summed E-state index contributed by atoms with van der Waals surface area (Å²) in [5.74, 6) is 0. The Hall–Kier alpha value is -0.120. The summed E-state index contributed by atoms with van der Waals surface area (Å²) in [6, 6.07) is 0. The Balaban J connectivity index is -0.0000000215. The van der Waals surface area contributed by atoms with E-state index in [1.807, 2.05) is 34.6 Å². The van der Waals surface area contributed by atoms with Crippen LogP contribution in [0.5, 0.6) is 0 Å². The van der Waals surface area contributed by atoms with Crippen molar-refractivity contribution in [1.82, 2.24) is 0 Å². The molecule has 0 saturated heterocycles. The lowest BCUT2D eigenvalue weighted by Crippen LogP contribution is -1.69. The Kier molecular flexibility index (Phi) is 382. The van der Waals surface area contributed by atoms with Gasteiger partial charge in [0.15, 0.2) is 0 Å². The van der Waals surface area contributed by atoms with Crippen LogP contribution in [0.25, 0.3) is 0 Å². The number of aliphatic hydroxyl groups excluding tert-OH is 1. The predicted molar refractivity (Wildman–Crippen MR) is 61.3 cm³/mol. The molecule has 13 heavy (non-hydrogen) atoms. The van der Waals surface area contributed by atoms with Gasteiger partial charge in [-0.3, -0.25) is 10.5 Å². The summed E-state index contributed by atoms with van der Waals surface area (Å²) in [5, 5.41) is 19.9. The third-order valence-electron chi connectivity index (χ3n) is 0.224. The second kappa shape index (κ2) is 170. The topological polar surface area (TPSA) is 60.7 Å². The van der Waals surface area contributed by atoms with Crippen LogP contribution in [-0.2, 0) is 0 Å². The first-order chi connectivity index (χ1) is 6.33. The molecule has 0 heterocycles. The third kappa shape index (κ3) is 1500. The maximum atomic E-state index is 7.88. The van der Waals surface area contributed by atoms with Gasteiger partial charge in [0.25, 0.3) is 0 Å². The maximum Gasteiger partial charge on any atom is 0.0428 e. The quantitative estimate of drug-likeness (QED) is 0.442. The minimum atomic E-state index is 0.319. The van der Waals surface area contributed by atoms with E-state index in [0.717, 1.165) is 6.42 Å². The molecule has 0 unspecified atom stereocenters. The Morgan fingerprint density at radius 2 is 0.846 bits per heavy atom. The molecule has 0 aromatic rings. The zero-order valence-electron chi connectivity index (χ0n) is 10.5. The molecule has 0 bridgehead atoms. The highest BCUT2D eigenvalue weighted by molar-refractivity contribution is 4.10.